The quantitative estimate of drug-likeness (QED) is 0.709. The standard InChI is InChI=1S/C22H22N2O/c1-15-9-11-16(12-10-15)21-14-18(17-6-2-3-7-19(17)24-21)22(25)20-8-4-5-13-23-20/h2-4,6-12,14,20,22-23,25H,5,13H2,1H3. The molecule has 0 amide bonds. The molecule has 0 aliphatic carbocycles. The fraction of sp³-hybridized carbons (Fsp3) is 0.227. The van der Waals surface area contributed by atoms with Gasteiger partial charge in [0.25, 0.3) is 0 Å². The summed E-state index contributed by atoms with van der Waals surface area (Å²) < 4.78 is 0. The van der Waals surface area contributed by atoms with Gasteiger partial charge < -0.3 is 10.4 Å². The van der Waals surface area contributed by atoms with Crippen molar-refractivity contribution in [1.29, 1.82) is 0 Å². The van der Waals surface area contributed by atoms with Gasteiger partial charge in [0.15, 0.2) is 0 Å². The monoisotopic (exact) mass is 330 g/mol. The van der Waals surface area contributed by atoms with Gasteiger partial charge in [-0.2, -0.15) is 0 Å². The first-order chi connectivity index (χ1) is 12.2. The van der Waals surface area contributed by atoms with Crippen molar-refractivity contribution >= 4 is 10.9 Å². The molecule has 2 atom stereocenters. The summed E-state index contributed by atoms with van der Waals surface area (Å²) >= 11 is 0. The molecule has 25 heavy (non-hydrogen) atoms. The number of nitrogens with zero attached hydrogens (tertiary/aromatic N) is 1. The van der Waals surface area contributed by atoms with E-state index in [1.165, 1.54) is 5.56 Å². The van der Waals surface area contributed by atoms with Gasteiger partial charge in [0, 0.05) is 10.9 Å². The maximum absolute atomic E-state index is 11.0. The van der Waals surface area contributed by atoms with Crippen molar-refractivity contribution < 1.29 is 5.11 Å². The van der Waals surface area contributed by atoms with Crippen molar-refractivity contribution in [3.05, 3.63) is 77.9 Å². The number of rotatable bonds is 3. The van der Waals surface area contributed by atoms with Crippen LogP contribution in [-0.4, -0.2) is 22.7 Å². The maximum atomic E-state index is 11.0. The van der Waals surface area contributed by atoms with E-state index >= 15 is 0 Å². The summed E-state index contributed by atoms with van der Waals surface area (Å²) in [5.41, 5.74) is 5.02. The average Bonchev–Trinajstić information content (AvgIpc) is 2.68. The second-order valence-electron chi connectivity index (χ2n) is 6.62. The molecule has 1 aliphatic heterocycles. The molecule has 2 unspecified atom stereocenters. The van der Waals surface area contributed by atoms with Crippen molar-refractivity contribution in [3.8, 4) is 11.3 Å². The van der Waals surface area contributed by atoms with Crippen LogP contribution >= 0.6 is 0 Å². The number of nitrogens with one attached hydrogen (secondary N) is 1. The zero-order chi connectivity index (χ0) is 17.2. The van der Waals surface area contributed by atoms with E-state index in [2.05, 4.69) is 48.7 Å². The zero-order valence-corrected chi connectivity index (χ0v) is 14.3. The lowest BCUT2D eigenvalue weighted by Gasteiger charge is -2.25. The van der Waals surface area contributed by atoms with E-state index in [0.717, 1.165) is 40.7 Å². The number of benzene rings is 2. The predicted molar refractivity (Wildman–Crippen MR) is 102 cm³/mol. The van der Waals surface area contributed by atoms with Crippen molar-refractivity contribution in [1.82, 2.24) is 10.3 Å². The topological polar surface area (TPSA) is 45.1 Å². The summed E-state index contributed by atoms with van der Waals surface area (Å²) in [7, 11) is 0. The number of aliphatic hydroxyl groups is 1. The largest absolute Gasteiger partial charge is 0.386 e. The van der Waals surface area contributed by atoms with E-state index in [1.54, 1.807) is 0 Å². The number of para-hydroxylation sites is 1. The number of aliphatic hydroxyl groups excluding tert-OH is 1. The molecule has 3 heteroatoms. The van der Waals surface area contributed by atoms with Gasteiger partial charge in [-0.1, -0.05) is 60.2 Å². The van der Waals surface area contributed by atoms with Crippen molar-refractivity contribution in [3.63, 3.8) is 0 Å². The lowest BCUT2D eigenvalue weighted by Crippen LogP contribution is -2.36. The molecule has 3 aromatic rings. The van der Waals surface area contributed by atoms with Crippen LogP contribution in [-0.2, 0) is 0 Å². The van der Waals surface area contributed by atoms with E-state index in [9.17, 15) is 5.11 Å². The van der Waals surface area contributed by atoms with Crippen LogP contribution in [0, 0.1) is 6.92 Å². The summed E-state index contributed by atoms with van der Waals surface area (Å²) in [5, 5.41) is 15.4. The van der Waals surface area contributed by atoms with Crippen molar-refractivity contribution in [2.75, 3.05) is 6.54 Å². The predicted octanol–water partition coefficient (Wildman–Crippen LogP) is 4.16. The molecule has 0 bridgehead atoms. The molecule has 1 aliphatic rings. The van der Waals surface area contributed by atoms with E-state index in [-0.39, 0.29) is 6.04 Å². The normalized spacial score (nSPS) is 18.4. The first-order valence-corrected chi connectivity index (χ1v) is 8.77. The Balaban J connectivity index is 1.85. The van der Waals surface area contributed by atoms with Crippen LogP contribution in [0.2, 0.25) is 0 Å². The fourth-order valence-electron chi connectivity index (χ4n) is 3.37. The Morgan fingerprint density at radius 1 is 1.12 bits per heavy atom. The number of hydrogen-bond acceptors (Lipinski definition) is 3. The molecule has 1 aromatic heterocycles. The number of aryl methyl sites for hydroxylation is 1. The SMILES string of the molecule is Cc1ccc(-c2cc(C(O)C3C=CCCN3)c3ccccc3n2)cc1. The highest BCUT2D eigenvalue weighted by Crippen LogP contribution is 2.31. The van der Waals surface area contributed by atoms with Crippen LogP contribution in [0.1, 0.15) is 23.7 Å². The minimum absolute atomic E-state index is 0.0644. The van der Waals surface area contributed by atoms with Gasteiger partial charge >= 0.3 is 0 Å². The van der Waals surface area contributed by atoms with Crippen LogP contribution in [0.3, 0.4) is 0 Å². The highest BCUT2D eigenvalue weighted by molar-refractivity contribution is 5.85. The minimum Gasteiger partial charge on any atom is -0.386 e. The third-order valence-corrected chi connectivity index (χ3v) is 4.79. The van der Waals surface area contributed by atoms with Gasteiger partial charge in [-0.25, -0.2) is 4.98 Å². The molecule has 0 radical (unpaired) electrons. The van der Waals surface area contributed by atoms with Crippen LogP contribution in [0.25, 0.3) is 22.2 Å². The summed E-state index contributed by atoms with van der Waals surface area (Å²) in [6.45, 7) is 2.97. The van der Waals surface area contributed by atoms with Crippen molar-refractivity contribution in [2.24, 2.45) is 0 Å². The van der Waals surface area contributed by atoms with E-state index in [4.69, 9.17) is 4.98 Å². The Hall–Kier alpha value is -2.49. The molecular weight excluding hydrogens is 308 g/mol. The van der Waals surface area contributed by atoms with Gasteiger partial charge in [-0.3, -0.25) is 0 Å². The van der Waals surface area contributed by atoms with Crippen LogP contribution < -0.4 is 5.32 Å². The Labute approximate surface area is 148 Å². The fourth-order valence-corrected chi connectivity index (χ4v) is 3.37. The van der Waals surface area contributed by atoms with Crippen LogP contribution in [0.4, 0.5) is 0 Å². The smallest absolute Gasteiger partial charge is 0.0986 e. The zero-order valence-electron chi connectivity index (χ0n) is 14.3. The van der Waals surface area contributed by atoms with Gasteiger partial charge in [-0.05, 0) is 37.6 Å². The summed E-state index contributed by atoms with van der Waals surface area (Å²) in [6.07, 6.45) is 4.60. The second kappa shape index (κ2) is 6.79. The molecule has 0 saturated heterocycles. The molecule has 0 fully saturated rings. The highest BCUT2D eigenvalue weighted by atomic mass is 16.3. The van der Waals surface area contributed by atoms with Crippen LogP contribution in [0.5, 0.6) is 0 Å². The number of pyridine rings is 1. The Morgan fingerprint density at radius 2 is 1.92 bits per heavy atom. The number of fused-ring (bicyclic) bond motifs is 1. The van der Waals surface area contributed by atoms with E-state index < -0.39 is 6.10 Å². The molecule has 126 valence electrons. The first kappa shape index (κ1) is 16.0. The first-order valence-electron chi connectivity index (χ1n) is 8.77. The van der Waals surface area contributed by atoms with E-state index in [0.29, 0.717) is 0 Å². The summed E-state index contributed by atoms with van der Waals surface area (Å²) in [4.78, 5) is 4.81. The molecule has 2 heterocycles. The van der Waals surface area contributed by atoms with Gasteiger partial charge in [-0.15, -0.1) is 0 Å². The average molecular weight is 330 g/mol. The molecule has 2 aromatic carbocycles. The Morgan fingerprint density at radius 3 is 2.68 bits per heavy atom. The highest BCUT2D eigenvalue weighted by Gasteiger charge is 2.22. The third kappa shape index (κ3) is 3.21. The maximum Gasteiger partial charge on any atom is 0.0986 e. The number of hydrogen-bond donors (Lipinski definition) is 2. The van der Waals surface area contributed by atoms with Gasteiger partial charge in [0.1, 0.15) is 0 Å². The third-order valence-electron chi connectivity index (χ3n) is 4.79. The lowest BCUT2D eigenvalue weighted by atomic mass is 9.94. The lowest BCUT2D eigenvalue weighted by molar-refractivity contribution is 0.147. The Bertz CT molecular complexity index is 915. The van der Waals surface area contributed by atoms with Gasteiger partial charge in [0.2, 0.25) is 0 Å². The molecule has 0 spiro atoms. The van der Waals surface area contributed by atoms with Gasteiger partial charge in [0.05, 0.1) is 23.4 Å². The van der Waals surface area contributed by atoms with E-state index in [1.807, 2.05) is 30.3 Å². The number of aromatic nitrogens is 1. The summed E-state index contributed by atoms with van der Waals surface area (Å²) in [5.74, 6) is 0. The molecule has 3 nitrogen and oxygen atoms in total. The van der Waals surface area contributed by atoms with Crippen LogP contribution in [0.15, 0.2) is 66.7 Å². The molecular formula is C22H22N2O. The molecule has 4 rings (SSSR count). The summed E-state index contributed by atoms with van der Waals surface area (Å²) in [6, 6.07) is 18.3. The molecule has 2 N–H and O–H groups in total. The molecule has 0 saturated carbocycles. The Kier molecular flexibility index (Phi) is 4.35. The minimum atomic E-state index is -0.603. The second-order valence-corrected chi connectivity index (χ2v) is 6.62. The van der Waals surface area contributed by atoms with Crippen molar-refractivity contribution in [2.45, 2.75) is 25.5 Å².